The number of anilines is 1. The van der Waals surface area contributed by atoms with Crippen molar-refractivity contribution in [3.63, 3.8) is 0 Å². The van der Waals surface area contributed by atoms with Gasteiger partial charge in [-0.2, -0.15) is 0 Å². The van der Waals surface area contributed by atoms with Crippen molar-refractivity contribution in [1.29, 1.82) is 0 Å². The highest BCUT2D eigenvalue weighted by Crippen LogP contribution is 2.47. The molecule has 1 fully saturated rings. The van der Waals surface area contributed by atoms with E-state index in [2.05, 4.69) is 30.5 Å². The Kier molecular flexibility index (Phi) is 8.27. The monoisotopic (exact) mass is 568 g/mol. The number of halogens is 2. The fourth-order valence-corrected chi connectivity index (χ4v) is 5.08. The first-order chi connectivity index (χ1) is 19.0. The minimum Gasteiger partial charge on any atom is -0.495 e. The van der Waals surface area contributed by atoms with Gasteiger partial charge in [0.15, 0.2) is 5.75 Å². The molecule has 1 amide bonds. The molecule has 10 nitrogen and oxygen atoms in total. The van der Waals surface area contributed by atoms with Gasteiger partial charge in [-0.25, -0.2) is 9.78 Å². The molecule has 5 rings (SSSR count). The van der Waals surface area contributed by atoms with E-state index in [-0.39, 0.29) is 15.8 Å². The third-order valence-electron chi connectivity index (χ3n) is 6.30. The van der Waals surface area contributed by atoms with Gasteiger partial charge in [0.25, 0.3) is 0 Å². The number of carbonyl (C=O) groups excluding carboxylic acids is 1. The van der Waals surface area contributed by atoms with Gasteiger partial charge in [-0.15, -0.1) is 0 Å². The Balaban J connectivity index is 1.37. The van der Waals surface area contributed by atoms with Gasteiger partial charge in [-0.1, -0.05) is 23.2 Å². The summed E-state index contributed by atoms with van der Waals surface area (Å²) in [6, 6.07) is 8.62. The van der Waals surface area contributed by atoms with Crippen molar-refractivity contribution in [2.75, 3.05) is 45.7 Å². The van der Waals surface area contributed by atoms with E-state index in [0.29, 0.717) is 39.3 Å². The number of rotatable bonds is 7. The lowest BCUT2D eigenvalue weighted by molar-refractivity contribution is 0.215. The summed E-state index contributed by atoms with van der Waals surface area (Å²) in [5.74, 6) is 0.985. The number of hydrogen-bond donors (Lipinski definition) is 2. The number of amides is 1. The maximum absolute atomic E-state index is 12.8. The summed E-state index contributed by atoms with van der Waals surface area (Å²) in [4.78, 5) is 28.4. The van der Waals surface area contributed by atoms with E-state index in [1.54, 1.807) is 30.5 Å². The van der Waals surface area contributed by atoms with E-state index in [4.69, 9.17) is 37.4 Å². The first-order valence-electron chi connectivity index (χ1n) is 12.2. The summed E-state index contributed by atoms with van der Waals surface area (Å²) in [5.41, 5.74) is 3.26. The quantitative estimate of drug-likeness (QED) is 0.317. The highest BCUT2D eigenvalue weighted by molar-refractivity contribution is 6.41. The smallest absolute Gasteiger partial charge is 0.417 e. The van der Waals surface area contributed by atoms with Gasteiger partial charge in [0, 0.05) is 62.3 Å². The molecule has 3 heterocycles. The highest BCUT2D eigenvalue weighted by atomic mass is 35.5. The molecule has 0 radical (unpaired) electrons. The first kappa shape index (κ1) is 26.9. The molecule has 39 heavy (non-hydrogen) atoms. The number of ether oxygens (including phenoxy) is 3. The minimum atomic E-state index is -0.689. The van der Waals surface area contributed by atoms with Gasteiger partial charge in [0.05, 0.1) is 41.8 Å². The Hall–Kier alpha value is -3.70. The number of nitrogens with one attached hydrogen (secondary N) is 2. The van der Waals surface area contributed by atoms with Crippen LogP contribution in [0.2, 0.25) is 10.0 Å². The zero-order chi connectivity index (χ0) is 27.4. The summed E-state index contributed by atoms with van der Waals surface area (Å²) in [7, 11) is 3.00. The molecule has 0 unspecified atom stereocenters. The van der Waals surface area contributed by atoms with Gasteiger partial charge in [-0.3, -0.25) is 20.2 Å². The molecule has 2 aromatic carbocycles. The normalized spacial score (nSPS) is 13.7. The van der Waals surface area contributed by atoms with Gasteiger partial charge in [0.2, 0.25) is 0 Å². The molecule has 0 spiro atoms. The second kappa shape index (κ2) is 12.0. The number of piperazine rings is 1. The zero-order valence-electron chi connectivity index (χ0n) is 21.3. The lowest BCUT2D eigenvalue weighted by atomic mass is 10.0. The Labute approximate surface area is 235 Å². The van der Waals surface area contributed by atoms with Crippen LogP contribution in [0.5, 0.6) is 17.2 Å². The number of hydrogen-bond acceptors (Lipinski definition) is 9. The van der Waals surface area contributed by atoms with E-state index in [9.17, 15) is 4.79 Å². The molecule has 202 valence electrons. The number of aromatic nitrogens is 3. The molecule has 0 bridgehead atoms. The average molecular weight is 569 g/mol. The van der Waals surface area contributed by atoms with Crippen LogP contribution in [0.4, 0.5) is 10.5 Å². The first-order valence-corrected chi connectivity index (χ1v) is 12.9. The van der Waals surface area contributed by atoms with E-state index in [1.165, 1.54) is 26.6 Å². The van der Waals surface area contributed by atoms with Crippen molar-refractivity contribution in [2.24, 2.45) is 0 Å². The zero-order valence-corrected chi connectivity index (χ0v) is 22.8. The lowest BCUT2D eigenvalue weighted by Crippen LogP contribution is -2.43. The summed E-state index contributed by atoms with van der Waals surface area (Å²) in [5, 5.41) is 6.62. The van der Waals surface area contributed by atoms with Crippen molar-refractivity contribution in [1.82, 2.24) is 25.2 Å². The summed E-state index contributed by atoms with van der Waals surface area (Å²) in [6.45, 7) is 4.66. The second-order valence-corrected chi connectivity index (χ2v) is 9.48. The van der Waals surface area contributed by atoms with Crippen molar-refractivity contribution in [3.05, 3.63) is 64.7 Å². The van der Waals surface area contributed by atoms with Crippen LogP contribution in [0.1, 0.15) is 5.69 Å². The van der Waals surface area contributed by atoms with E-state index < -0.39 is 6.09 Å². The molecular weight excluding hydrogens is 543 g/mol. The number of pyridine rings is 1. The van der Waals surface area contributed by atoms with Crippen LogP contribution in [0.3, 0.4) is 0 Å². The summed E-state index contributed by atoms with van der Waals surface area (Å²) < 4.78 is 16.4. The fourth-order valence-electron chi connectivity index (χ4n) is 4.37. The molecule has 0 aliphatic carbocycles. The average Bonchev–Trinajstić information content (AvgIpc) is 2.96. The minimum absolute atomic E-state index is 0.213. The van der Waals surface area contributed by atoms with E-state index in [1.807, 2.05) is 6.07 Å². The van der Waals surface area contributed by atoms with Crippen LogP contribution in [0, 0.1) is 0 Å². The molecule has 2 N–H and O–H groups in total. The number of nitrogens with zero attached hydrogens (tertiary/aromatic N) is 4. The van der Waals surface area contributed by atoms with E-state index >= 15 is 0 Å². The van der Waals surface area contributed by atoms with Gasteiger partial charge in [0.1, 0.15) is 22.5 Å². The molecule has 1 aliphatic heterocycles. The maximum atomic E-state index is 12.8. The van der Waals surface area contributed by atoms with Crippen molar-refractivity contribution in [2.45, 2.75) is 6.54 Å². The van der Waals surface area contributed by atoms with Crippen molar-refractivity contribution in [3.8, 4) is 28.4 Å². The third kappa shape index (κ3) is 5.84. The SMILES string of the molecule is COc1cc(OC)c(Cl)c(-c2ccc(OC(=O)Nc3ccc(CN4CCNCC4)nc3)c3nccnc23)c1Cl. The van der Waals surface area contributed by atoms with Gasteiger partial charge in [-0.05, 0) is 24.3 Å². The maximum Gasteiger partial charge on any atom is 0.417 e. The largest absolute Gasteiger partial charge is 0.495 e. The molecule has 12 heteroatoms. The Morgan fingerprint density at radius 1 is 0.949 bits per heavy atom. The number of carbonyl (C=O) groups is 1. The molecule has 0 atom stereocenters. The molecular formula is C27H26Cl2N6O4. The van der Waals surface area contributed by atoms with Crippen LogP contribution < -0.4 is 24.8 Å². The summed E-state index contributed by atoms with van der Waals surface area (Å²) in [6.07, 6.45) is 3.96. The molecule has 1 aliphatic rings. The third-order valence-corrected chi connectivity index (χ3v) is 7.05. The van der Waals surface area contributed by atoms with Gasteiger partial charge >= 0.3 is 6.09 Å². The molecule has 0 saturated carbocycles. The number of fused-ring (bicyclic) bond motifs is 1. The van der Waals surface area contributed by atoms with Crippen LogP contribution in [-0.4, -0.2) is 66.3 Å². The fraction of sp³-hybridized carbons (Fsp3) is 0.259. The van der Waals surface area contributed by atoms with Crippen LogP contribution in [0.25, 0.3) is 22.2 Å². The van der Waals surface area contributed by atoms with Crippen LogP contribution >= 0.6 is 23.2 Å². The summed E-state index contributed by atoms with van der Waals surface area (Å²) >= 11 is 13.3. The van der Waals surface area contributed by atoms with Crippen LogP contribution in [0.15, 0.2) is 48.9 Å². The standard InChI is InChI=1S/C27H26Cl2N6O4/c1-37-20-13-21(38-2)24(29)22(23(20)28)18-5-6-19(26-25(18)31-7-8-32-26)39-27(36)34-16-3-4-17(33-14-16)15-35-11-9-30-10-12-35/h3-8,13-14,30H,9-12,15H2,1-2H3,(H,34,36). The number of methoxy groups -OCH3 is 2. The Morgan fingerprint density at radius 2 is 1.64 bits per heavy atom. The Bertz CT molecular complexity index is 1470. The second-order valence-electron chi connectivity index (χ2n) is 8.73. The molecule has 4 aromatic rings. The molecule has 2 aromatic heterocycles. The Morgan fingerprint density at radius 3 is 2.28 bits per heavy atom. The highest BCUT2D eigenvalue weighted by Gasteiger charge is 2.23. The van der Waals surface area contributed by atoms with Gasteiger partial charge < -0.3 is 19.5 Å². The topological polar surface area (TPSA) is 111 Å². The predicted octanol–water partition coefficient (Wildman–Crippen LogP) is 5.03. The lowest BCUT2D eigenvalue weighted by Gasteiger charge is -2.26. The van der Waals surface area contributed by atoms with Crippen LogP contribution in [-0.2, 0) is 6.54 Å². The molecule has 1 saturated heterocycles. The predicted molar refractivity (Wildman–Crippen MR) is 150 cm³/mol. The van der Waals surface area contributed by atoms with Crippen molar-refractivity contribution >= 4 is 46.0 Å². The van der Waals surface area contributed by atoms with Crippen molar-refractivity contribution < 1.29 is 19.0 Å². The van der Waals surface area contributed by atoms with E-state index in [0.717, 1.165) is 38.4 Å². The number of benzene rings is 2.